The summed E-state index contributed by atoms with van der Waals surface area (Å²) >= 11 is 3.35. The molecule has 0 saturated carbocycles. The monoisotopic (exact) mass is 265 g/mol. The summed E-state index contributed by atoms with van der Waals surface area (Å²) in [4.78, 5) is 15.0. The zero-order valence-electron chi connectivity index (χ0n) is 7.99. The molecule has 76 valence electrons. The van der Waals surface area contributed by atoms with Gasteiger partial charge in [0.1, 0.15) is 0 Å². The van der Waals surface area contributed by atoms with Gasteiger partial charge in [0.2, 0.25) is 0 Å². The van der Waals surface area contributed by atoms with Crippen LogP contribution in [-0.2, 0) is 0 Å². The van der Waals surface area contributed by atoms with E-state index in [1.54, 1.807) is 13.0 Å². The second-order valence-electron chi connectivity index (χ2n) is 3.28. The third-order valence-corrected chi connectivity index (χ3v) is 2.62. The van der Waals surface area contributed by atoms with E-state index >= 15 is 0 Å². The normalized spacial score (nSPS) is 10.5. The summed E-state index contributed by atoms with van der Waals surface area (Å²) in [6.45, 7) is 1.78. The Balaban J connectivity index is 2.86. The minimum absolute atomic E-state index is 0.109. The minimum Gasteiger partial charge on any atom is -0.476 e. The fourth-order valence-corrected chi connectivity index (χ4v) is 1.90. The van der Waals surface area contributed by atoms with Gasteiger partial charge in [-0.25, -0.2) is 9.78 Å². The van der Waals surface area contributed by atoms with Gasteiger partial charge in [-0.15, -0.1) is 0 Å². The summed E-state index contributed by atoms with van der Waals surface area (Å²) in [6, 6.07) is 7.32. The number of carboxylic acid groups (broad SMARTS) is 1. The molecular weight excluding hydrogens is 258 g/mol. The Morgan fingerprint density at radius 3 is 2.80 bits per heavy atom. The van der Waals surface area contributed by atoms with E-state index in [0.29, 0.717) is 11.1 Å². The summed E-state index contributed by atoms with van der Waals surface area (Å²) in [6.07, 6.45) is 0. The van der Waals surface area contributed by atoms with Gasteiger partial charge in [-0.2, -0.15) is 0 Å². The van der Waals surface area contributed by atoms with E-state index in [0.717, 1.165) is 9.86 Å². The van der Waals surface area contributed by atoms with Gasteiger partial charge < -0.3 is 5.11 Å². The van der Waals surface area contributed by atoms with Crippen LogP contribution in [0.3, 0.4) is 0 Å². The number of aromatic nitrogens is 1. The topological polar surface area (TPSA) is 50.2 Å². The first-order chi connectivity index (χ1) is 7.08. The number of pyridine rings is 1. The van der Waals surface area contributed by atoms with Gasteiger partial charge in [0.15, 0.2) is 5.69 Å². The molecule has 2 rings (SSSR count). The van der Waals surface area contributed by atoms with Crippen molar-refractivity contribution in [3.05, 3.63) is 40.1 Å². The largest absolute Gasteiger partial charge is 0.476 e. The maximum atomic E-state index is 11.0. The number of benzene rings is 1. The minimum atomic E-state index is -0.994. The van der Waals surface area contributed by atoms with Crippen molar-refractivity contribution >= 4 is 32.7 Å². The predicted molar refractivity (Wildman–Crippen MR) is 61.1 cm³/mol. The summed E-state index contributed by atoms with van der Waals surface area (Å²) < 4.78 is 0.928. The molecule has 2 aromatic rings. The van der Waals surface area contributed by atoms with Crippen molar-refractivity contribution in [3.8, 4) is 0 Å². The van der Waals surface area contributed by atoms with Crippen LogP contribution in [0.1, 0.15) is 16.2 Å². The second-order valence-corrected chi connectivity index (χ2v) is 4.20. The molecule has 0 spiro atoms. The van der Waals surface area contributed by atoms with Crippen molar-refractivity contribution in [3.63, 3.8) is 0 Å². The molecule has 0 amide bonds. The highest BCUT2D eigenvalue weighted by Gasteiger charge is 2.10. The first kappa shape index (κ1) is 10.1. The molecule has 1 aromatic heterocycles. The van der Waals surface area contributed by atoms with Crippen molar-refractivity contribution in [1.29, 1.82) is 0 Å². The molecule has 0 aliphatic carbocycles. The number of aromatic carboxylic acids is 1. The lowest BCUT2D eigenvalue weighted by Crippen LogP contribution is -2.02. The Hall–Kier alpha value is -1.42. The summed E-state index contributed by atoms with van der Waals surface area (Å²) in [7, 11) is 0. The van der Waals surface area contributed by atoms with E-state index in [1.807, 2.05) is 18.2 Å². The van der Waals surface area contributed by atoms with Crippen molar-refractivity contribution in [2.24, 2.45) is 0 Å². The van der Waals surface area contributed by atoms with Crippen LogP contribution in [0.25, 0.3) is 10.8 Å². The lowest BCUT2D eigenvalue weighted by atomic mass is 10.1. The van der Waals surface area contributed by atoms with E-state index in [-0.39, 0.29) is 5.69 Å². The Morgan fingerprint density at radius 2 is 2.13 bits per heavy atom. The van der Waals surface area contributed by atoms with E-state index in [9.17, 15) is 4.79 Å². The Bertz CT molecular complexity index is 546. The molecule has 0 radical (unpaired) electrons. The number of rotatable bonds is 1. The van der Waals surface area contributed by atoms with Crippen LogP contribution in [0.15, 0.2) is 28.7 Å². The Morgan fingerprint density at radius 1 is 1.40 bits per heavy atom. The van der Waals surface area contributed by atoms with E-state index in [2.05, 4.69) is 20.9 Å². The van der Waals surface area contributed by atoms with E-state index in [4.69, 9.17) is 5.11 Å². The molecule has 0 unspecified atom stereocenters. The quantitative estimate of drug-likeness (QED) is 0.863. The van der Waals surface area contributed by atoms with Crippen molar-refractivity contribution < 1.29 is 9.90 Å². The molecule has 0 saturated heterocycles. The maximum absolute atomic E-state index is 11.0. The number of aryl methyl sites for hydroxylation is 1. The van der Waals surface area contributed by atoms with Crippen LogP contribution >= 0.6 is 15.9 Å². The average Bonchev–Trinajstić information content (AvgIpc) is 2.15. The highest BCUT2D eigenvalue weighted by Crippen LogP contribution is 2.22. The van der Waals surface area contributed by atoms with Gasteiger partial charge in [0.05, 0.1) is 0 Å². The van der Waals surface area contributed by atoms with Crippen LogP contribution in [0.5, 0.6) is 0 Å². The van der Waals surface area contributed by atoms with Crippen LogP contribution < -0.4 is 0 Å². The number of fused-ring (bicyclic) bond motifs is 1. The fraction of sp³-hybridized carbons (Fsp3) is 0.0909. The summed E-state index contributed by atoms with van der Waals surface area (Å²) in [5.41, 5.74) is 0.815. The molecule has 3 nitrogen and oxygen atoms in total. The van der Waals surface area contributed by atoms with Gasteiger partial charge in [-0.05, 0) is 30.5 Å². The highest BCUT2D eigenvalue weighted by molar-refractivity contribution is 9.10. The van der Waals surface area contributed by atoms with Crippen LogP contribution in [-0.4, -0.2) is 16.1 Å². The molecule has 1 heterocycles. The molecular formula is C11H8BrNO2. The molecule has 0 bridgehead atoms. The Labute approximate surface area is 94.9 Å². The van der Waals surface area contributed by atoms with Crippen molar-refractivity contribution in [2.45, 2.75) is 6.92 Å². The standard InChI is InChI=1S/C11H8BrNO2/c1-6-4-7-5-8(12)2-3-9(7)10(13-6)11(14)15/h2-5H,1H3,(H,14,15). The van der Waals surface area contributed by atoms with E-state index < -0.39 is 5.97 Å². The third-order valence-electron chi connectivity index (χ3n) is 2.12. The van der Waals surface area contributed by atoms with Crippen LogP contribution in [0.2, 0.25) is 0 Å². The fourth-order valence-electron chi connectivity index (χ4n) is 1.53. The zero-order valence-corrected chi connectivity index (χ0v) is 9.58. The zero-order chi connectivity index (χ0) is 11.0. The molecule has 1 N–H and O–H groups in total. The molecule has 0 aliphatic heterocycles. The number of hydrogen-bond acceptors (Lipinski definition) is 2. The molecule has 0 atom stereocenters. The lowest BCUT2D eigenvalue weighted by molar-refractivity contribution is 0.0692. The van der Waals surface area contributed by atoms with Gasteiger partial charge in [0.25, 0.3) is 0 Å². The first-order valence-corrected chi connectivity index (χ1v) is 5.17. The maximum Gasteiger partial charge on any atom is 0.355 e. The van der Waals surface area contributed by atoms with Crippen molar-refractivity contribution in [2.75, 3.05) is 0 Å². The van der Waals surface area contributed by atoms with Crippen LogP contribution in [0, 0.1) is 6.92 Å². The van der Waals surface area contributed by atoms with Crippen molar-refractivity contribution in [1.82, 2.24) is 4.98 Å². The van der Waals surface area contributed by atoms with Gasteiger partial charge in [0, 0.05) is 15.6 Å². The SMILES string of the molecule is Cc1cc2cc(Br)ccc2c(C(=O)O)n1. The van der Waals surface area contributed by atoms with Gasteiger partial charge >= 0.3 is 5.97 Å². The number of hydrogen-bond donors (Lipinski definition) is 1. The number of halogens is 1. The summed E-state index contributed by atoms with van der Waals surface area (Å²) in [5, 5.41) is 10.5. The first-order valence-electron chi connectivity index (χ1n) is 4.38. The lowest BCUT2D eigenvalue weighted by Gasteiger charge is -2.04. The highest BCUT2D eigenvalue weighted by atomic mass is 79.9. The average molecular weight is 266 g/mol. The number of nitrogens with zero attached hydrogens (tertiary/aromatic N) is 1. The number of carbonyl (C=O) groups is 1. The third kappa shape index (κ3) is 1.85. The molecule has 0 fully saturated rings. The summed E-state index contributed by atoms with van der Waals surface area (Å²) in [5.74, 6) is -0.994. The second kappa shape index (κ2) is 3.62. The van der Waals surface area contributed by atoms with E-state index in [1.165, 1.54) is 0 Å². The smallest absolute Gasteiger partial charge is 0.355 e. The molecule has 4 heteroatoms. The molecule has 15 heavy (non-hydrogen) atoms. The van der Waals surface area contributed by atoms with Crippen LogP contribution in [0.4, 0.5) is 0 Å². The number of carboxylic acids is 1. The molecule has 1 aromatic carbocycles. The van der Waals surface area contributed by atoms with Gasteiger partial charge in [-0.3, -0.25) is 0 Å². The van der Waals surface area contributed by atoms with Gasteiger partial charge in [-0.1, -0.05) is 22.0 Å². The Kier molecular flexibility index (Phi) is 2.44. The molecule has 0 aliphatic rings. The predicted octanol–water partition coefficient (Wildman–Crippen LogP) is 3.00.